The Morgan fingerprint density at radius 1 is 0.944 bits per heavy atom. The number of amides is 1. The molecule has 0 radical (unpaired) electrons. The third-order valence-corrected chi connectivity index (χ3v) is 6.68. The van der Waals surface area contributed by atoms with Crippen molar-refractivity contribution in [3.8, 4) is 40.0 Å². The van der Waals surface area contributed by atoms with Crippen molar-refractivity contribution < 1.29 is 14.3 Å². The third-order valence-electron chi connectivity index (χ3n) is 5.59. The first-order chi connectivity index (χ1) is 17.5. The van der Waals surface area contributed by atoms with E-state index in [4.69, 9.17) is 14.5 Å². The maximum Gasteiger partial charge on any atom is 0.237 e. The van der Waals surface area contributed by atoms with E-state index in [1.807, 2.05) is 72.8 Å². The summed E-state index contributed by atoms with van der Waals surface area (Å²) in [5, 5.41) is 13.0. The van der Waals surface area contributed by atoms with Gasteiger partial charge in [0.25, 0.3) is 0 Å². The number of hydrogen-bond acceptors (Lipinski definition) is 6. The number of nitrogens with one attached hydrogen (secondary N) is 1. The van der Waals surface area contributed by atoms with Crippen molar-refractivity contribution in [1.82, 2.24) is 4.98 Å². The van der Waals surface area contributed by atoms with Gasteiger partial charge in [-0.2, -0.15) is 5.26 Å². The van der Waals surface area contributed by atoms with Crippen LogP contribution in [0, 0.1) is 11.3 Å². The van der Waals surface area contributed by atoms with Gasteiger partial charge in [0, 0.05) is 11.1 Å². The first-order valence-corrected chi connectivity index (χ1v) is 12.2. The summed E-state index contributed by atoms with van der Waals surface area (Å²) >= 11 is 1.25. The second kappa shape index (κ2) is 11.4. The lowest BCUT2D eigenvalue weighted by Gasteiger charge is -2.17. The fourth-order valence-electron chi connectivity index (χ4n) is 3.67. The number of nitriles is 1. The molecule has 1 heterocycles. The van der Waals surface area contributed by atoms with Crippen LogP contribution in [0.4, 0.5) is 5.69 Å². The van der Waals surface area contributed by atoms with Gasteiger partial charge in [-0.05, 0) is 42.8 Å². The Balaban J connectivity index is 1.72. The molecule has 3 aromatic carbocycles. The molecule has 7 heteroatoms. The number of ether oxygens (including phenoxy) is 2. The van der Waals surface area contributed by atoms with E-state index in [-0.39, 0.29) is 5.91 Å². The van der Waals surface area contributed by atoms with Crippen LogP contribution in [-0.2, 0) is 4.79 Å². The molecule has 4 aromatic rings. The fourth-order valence-corrected chi connectivity index (χ4v) is 4.60. The molecule has 0 aliphatic heterocycles. The van der Waals surface area contributed by atoms with Crippen LogP contribution in [0.5, 0.6) is 11.5 Å². The second-order valence-corrected chi connectivity index (χ2v) is 9.22. The first kappa shape index (κ1) is 24.8. The fraction of sp³-hybridized carbons (Fsp3) is 0.138. The van der Waals surface area contributed by atoms with Gasteiger partial charge in [0.1, 0.15) is 22.6 Å². The molecular weight excluding hydrogens is 470 g/mol. The number of rotatable bonds is 8. The molecule has 0 aliphatic carbocycles. The maximum atomic E-state index is 13.1. The molecule has 4 rings (SSSR count). The zero-order chi connectivity index (χ0) is 25.5. The predicted molar refractivity (Wildman–Crippen MR) is 143 cm³/mol. The van der Waals surface area contributed by atoms with Gasteiger partial charge in [0.15, 0.2) is 0 Å². The largest absolute Gasteiger partial charge is 0.497 e. The smallest absolute Gasteiger partial charge is 0.237 e. The molecule has 1 aromatic heterocycles. The summed E-state index contributed by atoms with van der Waals surface area (Å²) in [5.41, 5.74) is 4.25. The Morgan fingerprint density at radius 3 is 2.31 bits per heavy atom. The van der Waals surface area contributed by atoms with E-state index in [0.717, 1.165) is 28.1 Å². The predicted octanol–water partition coefficient (Wildman–Crippen LogP) is 6.42. The van der Waals surface area contributed by atoms with Gasteiger partial charge in [-0.15, -0.1) is 0 Å². The van der Waals surface area contributed by atoms with Crippen molar-refractivity contribution in [2.45, 2.75) is 17.2 Å². The topological polar surface area (TPSA) is 84.2 Å². The molecule has 6 nitrogen and oxygen atoms in total. The van der Waals surface area contributed by atoms with Crippen molar-refractivity contribution in [2.75, 3.05) is 19.5 Å². The minimum absolute atomic E-state index is 0.216. The molecule has 180 valence electrons. The van der Waals surface area contributed by atoms with Gasteiger partial charge in [-0.3, -0.25) is 4.79 Å². The number of aromatic nitrogens is 1. The first-order valence-electron chi connectivity index (χ1n) is 11.3. The molecule has 0 saturated carbocycles. The Kier molecular flexibility index (Phi) is 7.89. The van der Waals surface area contributed by atoms with Crippen LogP contribution in [0.2, 0.25) is 0 Å². The zero-order valence-corrected chi connectivity index (χ0v) is 21.0. The Bertz CT molecular complexity index is 1400. The lowest BCUT2D eigenvalue weighted by atomic mass is 9.99. The monoisotopic (exact) mass is 495 g/mol. The maximum absolute atomic E-state index is 13.1. The highest BCUT2D eigenvalue weighted by Gasteiger charge is 2.22. The van der Waals surface area contributed by atoms with Gasteiger partial charge in [-0.1, -0.05) is 66.4 Å². The van der Waals surface area contributed by atoms with Crippen LogP contribution >= 0.6 is 11.8 Å². The van der Waals surface area contributed by atoms with E-state index < -0.39 is 5.25 Å². The minimum Gasteiger partial charge on any atom is -0.497 e. The number of anilines is 1. The molecule has 0 bridgehead atoms. The van der Waals surface area contributed by atoms with E-state index in [1.54, 1.807) is 33.3 Å². The average Bonchev–Trinajstić information content (AvgIpc) is 2.93. The van der Waals surface area contributed by atoms with Crippen molar-refractivity contribution in [3.63, 3.8) is 0 Å². The number of carbonyl (C=O) groups is 1. The minimum atomic E-state index is -0.524. The van der Waals surface area contributed by atoms with Gasteiger partial charge < -0.3 is 14.8 Å². The van der Waals surface area contributed by atoms with E-state index >= 15 is 0 Å². The van der Waals surface area contributed by atoms with E-state index in [9.17, 15) is 10.1 Å². The summed E-state index contributed by atoms with van der Waals surface area (Å²) in [5.74, 6) is 1.09. The lowest BCUT2D eigenvalue weighted by molar-refractivity contribution is -0.115. The highest BCUT2D eigenvalue weighted by atomic mass is 32.2. The van der Waals surface area contributed by atoms with Crippen LogP contribution in [0.15, 0.2) is 90.0 Å². The van der Waals surface area contributed by atoms with Gasteiger partial charge >= 0.3 is 0 Å². The molecule has 0 spiro atoms. The number of hydrogen-bond donors (Lipinski definition) is 1. The van der Waals surface area contributed by atoms with E-state index in [2.05, 4.69) is 11.4 Å². The molecule has 1 amide bonds. The SMILES string of the molecule is COc1ccc(-c2cc(-c3ccccc3)nc(SC(C)C(=O)Nc3ccccc3OC)c2C#N)cc1. The molecule has 1 N–H and O–H groups in total. The number of nitrogens with zero attached hydrogens (tertiary/aromatic N) is 2. The van der Waals surface area contributed by atoms with Gasteiger partial charge in [-0.25, -0.2) is 4.98 Å². The molecule has 36 heavy (non-hydrogen) atoms. The lowest BCUT2D eigenvalue weighted by Crippen LogP contribution is -2.23. The quantitative estimate of drug-likeness (QED) is 0.284. The second-order valence-electron chi connectivity index (χ2n) is 7.89. The average molecular weight is 496 g/mol. The Labute approximate surface area is 214 Å². The Hall–Kier alpha value is -4.28. The standard InChI is InChI=1S/C29H25N3O3S/c1-19(28(33)31-25-11-7-8-12-27(25)35-3)36-29-24(18-30)23(20-13-15-22(34-2)16-14-20)17-26(32-29)21-9-5-4-6-10-21/h4-17,19H,1-3H3,(H,31,33). The van der Waals surface area contributed by atoms with Crippen molar-refractivity contribution in [2.24, 2.45) is 0 Å². The van der Waals surface area contributed by atoms with E-state index in [1.165, 1.54) is 11.8 Å². The molecule has 1 atom stereocenters. The number of para-hydroxylation sites is 2. The van der Waals surface area contributed by atoms with Crippen LogP contribution in [-0.4, -0.2) is 30.4 Å². The number of benzene rings is 3. The highest BCUT2D eigenvalue weighted by Crippen LogP contribution is 2.36. The van der Waals surface area contributed by atoms with Crippen molar-refractivity contribution in [1.29, 1.82) is 5.26 Å². The number of pyridine rings is 1. The summed E-state index contributed by atoms with van der Waals surface area (Å²) < 4.78 is 10.6. The molecule has 0 aliphatic rings. The summed E-state index contributed by atoms with van der Waals surface area (Å²) in [6.45, 7) is 1.79. The van der Waals surface area contributed by atoms with Crippen LogP contribution in [0.25, 0.3) is 22.4 Å². The summed E-state index contributed by atoms with van der Waals surface area (Å²) in [6, 6.07) is 28.8. The van der Waals surface area contributed by atoms with Crippen molar-refractivity contribution in [3.05, 3.63) is 90.5 Å². The highest BCUT2D eigenvalue weighted by molar-refractivity contribution is 8.00. The molecule has 1 unspecified atom stereocenters. The summed E-state index contributed by atoms with van der Waals surface area (Å²) in [4.78, 5) is 17.9. The summed E-state index contributed by atoms with van der Waals surface area (Å²) in [7, 11) is 3.17. The Morgan fingerprint density at radius 2 is 1.64 bits per heavy atom. The van der Waals surface area contributed by atoms with Crippen LogP contribution in [0.1, 0.15) is 12.5 Å². The van der Waals surface area contributed by atoms with Gasteiger partial charge in [0.05, 0.1) is 36.4 Å². The van der Waals surface area contributed by atoms with E-state index in [0.29, 0.717) is 22.0 Å². The third kappa shape index (κ3) is 5.51. The molecule has 0 saturated heterocycles. The molecular formula is C29H25N3O3S. The molecule has 0 fully saturated rings. The van der Waals surface area contributed by atoms with Crippen LogP contribution in [0.3, 0.4) is 0 Å². The summed E-state index contributed by atoms with van der Waals surface area (Å²) in [6.07, 6.45) is 0. The number of thioether (sulfide) groups is 1. The number of methoxy groups -OCH3 is 2. The normalized spacial score (nSPS) is 11.3. The van der Waals surface area contributed by atoms with Crippen LogP contribution < -0.4 is 14.8 Å². The van der Waals surface area contributed by atoms with Crippen molar-refractivity contribution >= 4 is 23.4 Å². The van der Waals surface area contributed by atoms with Gasteiger partial charge in [0.2, 0.25) is 5.91 Å². The zero-order valence-electron chi connectivity index (χ0n) is 20.2. The number of carbonyl (C=O) groups excluding carboxylic acids is 1.